The molecule has 0 aromatic heterocycles. The summed E-state index contributed by atoms with van der Waals surface area (Å²) >= 11 is 0. The summed E-state index contributed by atoms with van der Waals surface area (Å²) in [7, 11) is 0. The van der Waals surface area contributed by atoms with E-state index in [1.54, 1.807) is 30.3 Å². The zero-order valence-electron chi connectivity index (χ0n) is 9.22. The largest absolute Gasteiger partial charge is 0.394 e. The van der Waals surface area contributed by atoms with Crippen molar-refractivity contribution in [3.8, 4) is 0 Å². The minimum absolute atomic E-state index is 0.109. The molecule has 0 bridgehead atoms. The fraction of sp³-hybridized carbons (Fsp3) is 0.417. The zero-order chi connectivity index (χ0) is 12.0. The Morgan fingerprint density at radius 1 is 1.38 bits per heavy atom. The van der Waals surface area contributed by atoms with Crippen molar-refractivity contribution >= 4 is 5.78 Å². The lowest BCUT2D eigenvalue weighted by atomic mass is 9.96. The van der Waals surface area contributed by atoms with Gasteiger partial charge in [0.1, 0.15) is 5.60 Å². The average Bonchev–Trinajstić information content (AvgIpc) is 2.29. The van der Waals surface area contributed by atoms with Crippen molar-refractivity contribution in [3.05, 3.63) is 35.9 Å². The summed E-state index contributed by atoms with van der Waals surface area (Å²) in [5.74, 6) is -0.383. The molecule has 1 aromatic rings. The van der Waals surface area contributed by atoms with Crippen LogP contribution in [0.1, 0.15) is 17.3 Å². The van der Waals surface area contributed by atoms with E-state index in [0.29, 0.717) is 5.56 Å². The molecule has 16 heavy (non-hydrogen) atoms. The maximum Gasteiger partial charge on any atom is 0.196 e. The summed E-state index contributed by atoms with van der Waals surface area (Å²) in [5, 5.41) is 18.4. The molecule has 0 fully saturated rings. The third-order valence-corrected chi connectivity index (χ3v) is 2.14. The van der Waals surface area contributed by atoms with Crippen molar-refractivity contribution in [2.45, 2.75) is 12.5 Å². The highest BCUT2D eigenvalue weighted by Gasteiger charge is 2.31. The third-order valence-electron chi connectivity index (χ3n) is 2.14. The van der Waals surface area contributed by atoms with Gasteiger partial charge in [-0.2, -0.15) is 0 Å². The van der Waals surface area contributed by atoms with Crippen molar-refractivity contribution in [2.24, 2.45) is 0 Å². The molecular weight excluding hydrogens is 208 g/mol. The molecule has 1 rings (SSSR count). The second-order valence-electron chi connectivity index (χ2n) is 3.75. The van der Waals surface area contributed by atoms with Crippen molar-refractivity contribution in [1.82, 2.24) is 0 Å². The fourth-order valence-electron chi connectivity index (χ4n) is 1.30. The van der Waals surface area contributed by atoms with Gasteiger partial charge in [-0.3, -0.25) is 4.79 Å². The Labute approximate surface area is 94.5 Å². The van der Waals surface area contributed by atoms with Gasteiger partial charge in [-0.25, -0.2) is 0 Å². The van der Waals surface area contributed by atoms with Crippen LogP contribution in [0.25, 0.3) is 0 Å². The van der Waals surface area contributed by atoms with Crippen LogP contribution in [0.15, 0.2) is 30.3 Å². The molecule has 0 aliphatic carbocycles. The Bertz CT molecular complexity index is 332. The number of aliphatic hydroxyl groups excluding tert-OH is 1. The number of hydrogen-bond donors (Lipinski definition) is 2. The summed E-state index contributed by atoms with van der Waals surface area (Å²) in [6, 6.07) is 8.55. The monoisotopic (exact) mass is 224 g/mol. The van der Waals surface area contributed by atoms with Gasteiger partial charge in [0.05, 0.1) is 19.8 Å². The molecule has 0 aliphatic heterocycles. The van der Waals surface area contributed by atoms with Gasteiger partial charge >= 0.3 is 0 Å². The standard InChI is InChI=1S/C12H16O4/c1-12(15,9-16-8-7-13)11(14)10-5-3-2-4-6-10/h2-6,13,15H,7-9H2,1H3. The third kappa shape index (κ3) is 3.41. The second kappa shape index (κ2) is 5.75. The van der Waals surface area contributed by atoms with Crippen LogP contribution in [-0.2, 0) is 4.74 Å². The van der Waals surface area contributed by atoms with Gasteiger partial charge in [0.15, 0.2) is 5.78 Å². The van der Waals surface area contributed by atoms with Gasteiger partial charge in [0.2, 0.25) is 0 Å². The lowest BCUT2D eigenvalue weighted by Gasteiger charge is -2.21. The molecule has 4 heteroatoms. The lowest BCUT2D eigenvalue weighted by Crippen LogP contribution is -2.40. The number of ether oxygens (including phenoxy) is 1. The Kier molecular flexibility index (Phi) is 4.61. The van der Waals surface area contributed by atoms with Crippen LogP contribution in [0.5, 0.6) is 0 Å². The van der Waals surface area contributed by atoms with E-state index in [9.17, 15) is 9.90 Å². The first-order valence-electron chi connectivity index (χ1n) is 5.09. The normalized spacial score (nSPS) is 14.4. The first-order chi connectivity index (χ1) is 7.58. The van der Waals surface area contributed by atoms with Gasteiger partial charge < -0.3 is 14.9 Å². The molecule has 1 aromatic carbocycles. The van der Waals surface area contributed by atoms with Gasteiger partial charge in [-0.05, 0) is 6.92 Å². The summed E-state index contributed by atoms with van der Waals surface area (Å²) in [6.07, 6.45) is 0. The summed E-state index contributed by atoms with van der Waals surface area (Å²) in [6.45, 7) is 1.26. The Morgan fingerprint density at radius 3 is 2.56 bits per heavy atom. The highest BCUT2D eigenvalue weighted by molar-refractivity contribution is 6.02. The molecule has 0 radical (unpaired) electrons. The quantitative estimate of drug-likeness (QED) is 0.549. The molecule has 0 aliphatic rings. The molecular formula is C12H16O4. The summed E-state index contributed by atoms with van der Waals surface area (Å²) in [4.78, 5) is 11.9. The van der Waals surface area contributed by atoms with Crippen LogP contribution < -0.4 is 0 Å². The molecule has 0 saturated carbocycles. The van der Waals surface area contributed by atoms with E-state index in [2.05, 4.69) is 0 Å². The maximum absolute atomic E-state index is 11.9. The van der Waals surface area contributed by atoms with Gasteiger partial charge in [-0.1, -0.05) is 30.3 Å². The van der Waals surface area contributed by atoms with Crippen LogP contribution >= 0.6 is 0 Å². The predicted octanol–water partition coefficient (Wildman–Crippen LogP) is 0.629. The highest BCUT2D eigenvalue weighted by Crippen LogP contribution is 2.13. The fourth-order valence-corrected chi connectivity index (χ4v) is 1.30. The molecule has 4 nitrogen and oxygen atoms in total. The average molecular weight is 224 g/mol. The Balaban J connectivity index is 2.65. The molecule has 88 valence electrons. The van der Waals surface area contributed by atoms with E-state index < -0.39 is 5.60 Å². The van der Waals surface area contributed by atoms with Crippen molar-refractivity contribution < 1.29 is 19.7 Å². The van der Waals surface area contributed by atoms with Crippen molar-refractivity contribution in [3.63, 3.8) is 0 Å². The van der Waals surface area contributed by atoms with Gasteiger partial charge in [0.25, 0.3) is 0 Å². The van der Waals surface area contributed by atoms with Crippen LogP contribution in [0, 0.1) is 0 Å². The highest BCUT2D eigenvalue weighted by atomic mass is 16.5. The SMILES string of the molecule is CC(O)(COCCO)C(=O)c1ccccc1. The molecule has 0 amide bonds. The van der Waals surface area contributed by atoms with Crippen LogP contribution in [0.2, 0.25) is 0 Å². The number of carbonyl (C=O) groups is 1. The van der Waals surface area contributed by atoms with E-state index in [0.717, 1.165) is 0 Å². The second-order valence-corrected chi connectivity index (χ2v) is 3.75. The summed E-state index contributed by atoms with van der Waals surface area (Å²) < 4.78 is 4.97. The van der Waals surface area contributed by atoms with Crippen molar-refractivity contribution in [1.29, 1.82) is 0 Å². The van der Waals surface area contributed by atoms with E-state index >= 15 is 0 Å². The number of carbonyl (C=O) groups excluding carboxylic acids is 1. The number of aliphatic hydroxyl groups is 2. The number of Topliss-reactive ketones (excluding diaryl/α,β-unsaturated/α-hetero) is 1. The molecule has 2 N–H and O–H groups in total. The number of benzene rings is 1. The molecule has 1 atom stereocenters. The van der Waals surface area contributed by atoms with E-state index in [1.807, 2.05) is 0 Å². The topological polar surface area (TPSA) is 66.8 Å². The van der Waals surface area contributed by atoms with Crippen LogP contribution in [-0.4, -0.2) is 41.4 Å². The predicted molar refractivity (Wildman–Crippen MR) is 59.3 cm³/mol. The number of hydrogen-bond acceptors (Lipinski definition) is 4. The molecule has 0 heterocycles. The van der Waals surface area contributed by atoms with Crippen LogP contribution in [0.3, 0.4) is 0 Å². The number of rotatable bonds is 6. The Hall–Kier alpha value is -1.23. The van der Waals surface area contributed by atoms with E-state index in [4.69, 9.17) is 9.84 Å². The van der Waals surface area contributed by atoms with Crippen LogP contribution in [0.4, 0.5) is 0 Å². The summed E-state index contributed by atoms with van der Waals surface area (Å²) in [5.41, 5.74) is -1.11. The molecule has 0 saturated heterocycles. The maximum atomic E-state index is 11.9. The first kappa shape index (κ1) is 12.8. The minimum atomic E-state index is -1.56. The van der Waals surface area contributed by atoms with E-state index in [1.165, 1.54) is 6.92 Å². The minimum Gasteiger partial charge on any atom is -0.394 e. The van der Waals surface area contributed by atoms with Crippen molar-refractivity contribution in [2.75, 3.05) is 19.8 Å². The van der Waals surface area contributed by atoms with E-state index in [-0.39, 0.29) is 25.6 Å². The first-order valence-corrected chi connectivity index (χ1v) is 5.09. The lowest BCUT2D eigenvalue weighted by molar-refractivity contribution is -0.0251. The molecule has 1 unspecified atom stereocenters. The van der Waals surface area contributed by atoms with Gasteiger partial charge in [0, 0.05) is 5.56 Å². The molecule has 0 spiro atoms. The van der Waals surface area contributed by atoms with Gasteiger partial charge in [-0.15, -0.1) is 0 Å². The number of ketones is 1. The zero-order valence-corrected chi connectivity index (χ0v) is 9.22. The smallest absolute Gasteiger partial charge is 0.196 e. The Morgan fingerprint density at radius 2 is 2.00 bits per heavy atom.